The van der Waals surface area contributed by atoms with Crippen LogP contribution in [0.2, 0.25) is 0 Å². The number of aliphatic hydroxyl groups is 1. The molecule has 1 aliphatic carbocycles. The molecule has 0 radical (unpaired) electrons. The molecular formula is C15H24OS. The maximum absolute atomic E-state index is 9.94. The zero-order valence-electron chi connectivity index (χ0n) is 10.6. The quantitative estimate of drug-likeness (QED) is 0.762. The first-order valence-electron chi connectivity index (χ1n) is 7.05. The first kappa shape index (κ1) is 13.1. The highest BCUT2D eigenvalue weighted by molar-refractivity contribution is 7.09. The Kier molecular flexibility index (Phi) is 5.53. The minimum absolute atomic E-state index is 0.0597. The highest BCUT2D eigenvalue weighted by Crippen LogP contribution is 2.29. The van der Waals surface area contributed by atoms with Gasteiger partial charge < -0.3 is 5.11 Å². The van der Waals surface area contributed by atoms with E-state index in [-0.39, 0.29) is 6.10 Å². The van der Waals surface area contributed by atoms with Gasteiger partial charge in [-0.25, -0.2) is 0 Å². The van der Waals surface area contributed by atoms with Crippen LogP contribution < -0.4 is 0 Å². The highest BCUT2D eigenvalue weighted by Gasteiger charge is 2.16. The fraction of sp³-hybridized carbons (Fsp3) is 0.733. The van der Waals surface area contributed by atoms with Crippen LogP contribution >= 0.6 is 11.3 Å². The van der Waals surface area contributed by atoms with E-state index in [1.807, 2.05) is 11.3 Å². The lowest BCUT2D eigenvalue weighted by atomic mass is 9.97. The van der Waals surface area contributed by atoms with Crippen LogP contribution in [0.4, 0.5) is 0 Å². The highest BCUT2D eigenvalue weighted by atomic mass is 32.1. The van der Waals surface area contributed by atoms with Gasteiger partial charge in [-0.05, 0) is 49.5 Å². The minimum atomic E-state index is -0.0597. The second-order valence-corrected chi connectivity index (χ2v) is 6.39. The maximum atomic E-state index is 9.94. The number of hydrogen-bond donors (Lipinski definition) is 1. The molecular weight excluding hydrogens is 228 g/mol. The number of aryl methyl sites for hydroxylation is 1. The van der Waals surface area contributed by atoms with Crippen LogP contribution in [0.25, 0.3) is 0 Å². The topological polar surface area (TPSA) is 20.2 Å². The van der Waals surface area contributed by atoms with Crippen molar-refractivity contribution in [2.75, 3.05) is 0 Å². The van der Waals surface area contributed by atoms with Crippen molar-refractivity contribution in [3.05, 3.63) is 22.4 Å². The van der Waals surface area contributed by atoms with E-state index in [0.29, 0.717) is 0 Å². The molecule has 1 atom stereocenters. The van der Waals surface area contributed by atoms with E-state index < -0.39 is 0 Å². The Morgan fingerprint density at radius 1 is 1.29 bits per heavy atom. The van der Waals surface area contributed by atoms with Gasteiger partial charge in [0.2, 0.25) is 0 Å². The average Bonchev–Trinajstić information content (AvgIpc) is 2.99. The Hall–Kier alpha value is -0.340. The first-order chi connectivity index (χ1) is 8.34. The molecule has 0 spiro atoms. The first-order valence-corrected chi connectivity index (χ1v) is 7.93. The van der Waals surface area contributed by atoms with Crippen LogP contribution in [0.15, 0.2) is 17.5 Å². The van der Waals surface area contributed by atoms with Crippen molar-refractivity contribution < 1.29 is 5.11 Å². The molecule has 1 aliphatic rings. The van der Waals surface area contributed by atoms with Crippen molar-refractivity contribution in [3.63, 3.8) is 0 Å². The molecule has 1 aromatic heterocycles. The summed E-state index contributed by atoms with van der Waals surface area (Å²) >= 11 is 1.83. The van der Waals surface area contributed by atoms with Crippen molar-refractivity contribution in [3.8, 4) is 0 Å². The van der Waals surface area contributed by atoms with Gasteiger partial charge in [0.05, 0.1) is 6.10 Å². The van der Waals surface area contributed by atoms with E-state index in [9.17, 15) is 5.11 Å². The average molecular weight is 252 g/mol. The monoisotopic (exact) mass is 252 g/mol. The zero-order chi connectivity index (χ0) is 11.9. The van der Waals surface area contributed by atoms with Crippen molar-refractivity contribution in [1.82, 2.24) is 0 Å². The Morgan fingerprint density at radius 2 is 2.12 bits per heavy atom. The van der Waals surface area contributed by atoms with E-state index in [1.54, 1.807) is 0 Å². The number of aliphatic hydroxyl groups excluding tert-OH is 1. The second kappa shape index (κ2) is 7.17. The normalized spacial score (nSPS) is 18.6. The summed E-state index contributed by atoms with van der Waals surface area (Å²) in [4.78, 5) is 1.45. The van der Waals surface area contributed by atoms with Gasteiger partial charge in [-0.2, -0.15) is 0 Å². The minimum Gasteiger partial charge on any atom is -0.393 e. The predicted octanol–water partition coefficient (Wildman–Crippen LogP) is 4.40. The molecule has 1 unspecified atom stereocenters. The Bertz CT molecular complexity index is 288. The van der Waals surface area contributed by atoms with Crippen LogP contribution in [0.3, 0.4) is 0 Å². The molecule has 2 heteroatoms. The Labute approximate surface area is 109 Å². The lowest BCUT2D eigenvalue weighted by molar-refractivity contribution is 0.143. The van der Waals surface area contributed by atoms with E-state index in [4.69, 9.17) is 0 Å². The largest absolute Gasteiger partial charge is 0.393 e. The molecule has 0 amide bonds. The molecule has 2 rings (SSSR count). The van der Waals surface area contributed by atoms with E-state index in [1.165, 1.54) is 37.0 Å². The van der Waals surface area contributed by atoms with Crippen LogP contribution in [0, 0.1) is 5.92 Å². The Balaban J connectivity index is 1.52. The Morgan fingerprint density at radius 3 is 2.82 bits per heavy atom. The fourth-order valence-corrected chi connectivity index (χ4v) is 3.59. The molecule has 1 nitrogen and oxygen atoms in total. The van der Waals surface area contributed by atoms with Crippen molar-refractivity contribution in [1.29, 1.82) is 0 Å². The molecule has 1 heterocycles. The van der Waals surface area contributed by atoms with Crippen molar-refractivity contribution >= 4 is 11.3 Å². The van der Waals surface area contributed by atoms with E-state index >= 15 is 0 Å². The van der Waals surface area contributed by atoms with Gasteiger partial charge >= 0.3 is 0 Å². The van der Waals surface area contributed by atoms with Gasteiger partial charge in [-0.1, -0.05) is 31.7 Å². The summed E-state index contributed by atoms with van der Waals surface area (Å²) in [7, 11) is 0. The third-order valence-electron chi connectivity index (χ3n) is 3.92. The molecule has 0 saturated heterocycles. The van der Waals surface area contributed by atoms with Crippen LogP contribution in [0.1, 0.15) is 56.2 Å². The summed E-state index contributed by atoms with van der Waals surface area (Å²) in [6, 6.07) is 4.30. The van der Waals surface area contributed by atoms with Crippen LogP contribution in [-0.2, 0) is 6.42 Å². The zero-order valence-corrected chi connectivity index (χ0v) is 11.4. The molecule has 96 valence electrons. The van der Waals surface area contributed by atoms with Gasteiger partial charge in [-0.15, -0.1) is 11.3 Å². The number of thiophene rings is 1. The second-order valence-electron chi connectivity index (χ2n) is 5.35. The smallest absolute Gasteiger partial charge is 0.0540 e. The molecule has 1 N–H and O–H groups in total. The van der Waals surface area contributed by atoms with E-state index in [0.717, 1.165) is 31.6 Å². The van der Waals surface area contributed by atoms with Gasteiger partial charge in [0.1, 0.15) is 0 Å². The lowest BCUT2D eigenvalue weighted by Crippen LogP contribution is -2.09. The molecule has 1 fully saturated rings. The summed E-state index contributed by atoms with van der Waals surface area (Å²) in [5.74, 6) is 0.918. The summed E-state index contributed by atoms with van der Waals surface area (Å²) in [6.45, 7) is 0. The van der Waals surface area contributed by atoms with E-state index in [2.05, 4.69) is 17.5 Å². The van der Waals surface area contributed by atoms with Gasteiger partial charge in [0.25, 0.3) is 0 Å². The summed E-state index contributed by atoms with van der Waals surface area (Å²) in [5, 5.41) is 12.1. The molecule has 0 aromatic carbocycles. The fourth-order valence-electron chi connectivity index (χ4n) is 2.84. The summed E-state index contributed by atoms with van der Waals surface area (Å²) in [5.41, 5.74) is 0. The third kappa shape index (κ3) is 4.81. The molecule has 0 bridgehead atoms. The number of rotatable bonds is 7. The van der Waals surface area contributed by atoms with Crippen LogP contribution in [-0.4, -0.2) is 11.2 Å². The molecule has 1 aromatic rings. The molecule has 0 aliphatic heterocycles. The molecule has 17 heavy (non-hydrogen) atoms. The van der Waals surface area contributed by atoms with Crippen molar-refractivity contribution in [2.24, 2.45) is 5.92 Å². The SMILES string of the molecule is OC(CCCc1cccs1)CCC1CCCC1. The standard InChI is InChI=1S/C15H24OS/c16-14(11-10-13-5-1-2-6-13)7-3-8-15-9-4-12-17-15/h4,9,12-14,16H,1-3,5-8,10-11H2. The lowest BCUT2D eigenvalue weighted by Gasteiger charge is -2.13. The molecule has 1 saturated carbocycles. The number of hydrogen-bond acceptors (Lipinski definition) is 2. The van der Waals surface area contributed by atoms with Gasteiger partial charge in [0, 0.05) is 4.88 Å². The van der Waals surface area contributed by atoms with Crippen LogP contribution in [0.5, 0.6) is 0 Å². The van der Waals surface area contributed by atoms with Gasteiger partial charge in [0.15, 0.2) is 0 Å². The summed E-state index contributed by atoms with van der Waals surface area (Å²) < 4.78 is 0. The maximum Gasteiger partial charge on any atom is 0.0540 e. The van der Waals surface area contributed by atoms with Crippen molar-refractivity contribution in [2.45, 2.75) is 63.9 Å². The predicted molar refractivity (Wildman–Crippen MR) is 74.5 cm³/mol. The summed E-state index contributed by atoms with van der Waals surface area (Å²) in [6.07, 6.45) is 11.1. The van der Waals surface area contributed by atoms with Gasteiger partial charge in [-0.3, -0.25) is 0 Å². The third-order valence-corrected chi connectivity index (χ3v) is 4.86.